The molecule has 3 heterocycles. The van der Waals surface area contributed by atoms with Crippen molar-refractivity contribution in [3.63, 3.8) is 0 Å². The number of thioether (sulfide) groups is 1. The standard InChI is InChI=1S/C24H22BN4O10PS/c30-20(16-11-26-24-29(22(16)32)8-9-41-24)28-18(12-4-6-14(7-5-12)40(36,37)38)21(31)27-17-10-13-2-1-3-15(23(33)34)19(13)39-25(17)35/h1-7,11,17-18,35H,8-10H2,(H,27,31)(H,28,30)(H,33,34)(H2,36,37,38). The van der Waals surface area contributed by atoms with E-state index < -0.39 is 50.0 Å². The molecule has 0 saturated carbocycles. The number of carboxylic acids is 1. The normalized spacial score (nSPS) is 16.7. The van der Waals surface area contributed by atoms with Crippen molar-refractivity contribution >= 4 is 49.6 Å². The van der Waals surface area contributed by atoms with E-state index in [4.69, 9.17) is 4.65 Å². The van der Waals surface area contributed by atoms with Crippen LogP contribution in [0.25, 0.3) is 0 Å². The van der Waals surface area contributed by atoms with Crippen molar-refractivity contribution in [2.45, 2.75) is 30.1 Å². The van der Waals surface area contributed by atoms with Gasteiger partial charge in [-0.05, 0) is 35.7 Å². The molecule has 0 fully saturated rings. The molecule has 6 N–H and O–H groups in total. The number of carboxylic acid groups (broad SMARTS) is 1. The van der Waals surface area contributed by atoms with E-state index in [0.29, 0.717) is 23.0 Å². The van der Waals surface area contributed by atoms with E-state index in [0.717, 1.165) is 18.3 Å². The zero-order chi connectivity index (χ0) is 29.5. The summed E-state index contributed by atoms with van der Waals surface area (Å²) in [6.07, 6.45) is 1.11. The summed E-state index contributed by atoms with van der Waals surface area (Å²) >= 11 is 1.36. The van der Waals surface area contributed by atoms with Gasteiger partial charge in [-0.25, -0.2) is 9.78 Å². The minimum absolute atomic E-state index is 0.00503. The summed E-state index contributed by atoms with van der Waals surface area (Å²) in [6, 6.07) is 7.61. The van der Waals surface area contributed by atoms with Gasteiger partial charge >= 0.3 is 20.7 Å². The molecule has 2 aliphatic rings. The second-order valence-corrected chi connectivity index (χ2v) is 11.9. The van der Waals surface area contributed by atoms with E-state index in [1.807, 2.05) is 0 Å². The van der Waals surface area contributed by atoms with Crippen LogP contribution in [0.5, 0.6) is 5.75 Å². The molecule has 2 unspecified atom stereocenters. The molecular formula is C24H22BN4O10PS. The average Bonchev–Trinajstić information content (AvgIpc) is 3.41. The number of fused-ring (bicyclic) bond motifs is 2. The lowest BCUT2D eigenvalue weighted by molar-refractivity contribution is -0.123. The molecule has 2 aromatic carbocycles. The number of nitrogens with one attached hydrogen (secondary N) is 2. The second kappa shape index (κ2) is 11.1. The molecular weight excluding hydrogens is 578 g/mol. The minimum Gasteiger partial charge on any atom is -0.534 e. The van der Waals surface area contributed by atoms with Crippen molar-refractivity contribution in [2.75, 3.05) is 5.75 Å². The topological polar surface area (TPSA) is 217 Å². The van der Waals surface area contributed by atoms with E-state index in [1.165, 1.54) is 40.6 Å². The Hall–Kier alpha value is -3.95. The number of amides is 2. The molecule has 41 heavy (non-hydrogen) atoms. The fourth-order valence-electron chi connectivity index (χ4n) is 4.53. The molecule has 17 heteroatoms. The summed E-state index contributed by atoms with van der Waals surface area (Å²) in [5.74, 6) is -3.47. The molecule has 1 aromatic heterocycles. The fourth-order valence-corrected chi connectivity index (χ4v) is 5.98. The van der Waals surface area contributed by atoms with Gasteiger partial charge in [0.25, 0.3) is 11.5 Å². The maximum Gasteiger partial charge on any atom is 0.547 e. The van der Waals surface area contributed by atoms with Crippen molar-refractivity contribution in [1.29, 1.82) is 0 Å². The number of para-hydroxylation sites is 1. The molecule has 5 rings (SSSR count). The van der Waals surface area contributed by atoms with E-state index in [1.54, 1.807) is 6.07 Å². The lowest BCUT2D eigenvalue weighted by Gasteiger charge is -2.30. The molecule has 14 nitrogen and oxygen atoms in total. The Morgan fingerprint density at radius 2 is 1.88 bits per heavy atom. The van der Waals surface area contributed by atoms with Crippen LogP contribution >= 0.6 is 19.4 Å². The highest BCUT2D eigenvalue weighted by atomic mass is 32.2. The highest BCUT2D eigenvalue weighted by Gasteiger charge is 2.39. The van der Waals surface area contributed by atoms with Gasteiger partial charge in [-0.15, -0.1) is 0 Å². The highest BCUT2D eigenvalue weighted by molar-refractivity contribution is 7.99. The van der Waals surface area contributed by atoms with Crippen LogP contribution in [-0.2, 0) is 22.3 Å². The van der Waals surface area contributed by atoms with Gasteiger partial charge in [0.2, 0.25) is 5.91 Å². The number of aromatic carboxylic acids is 1. The molecule has 3 aromatic rings. The van der Waals surface area contributed by atoms with Crippen LogP contribution in [-0.4, -0.2) is 66.1 Å². The quantitative estimate of drug-likeness (QED) is 0.115. The van der Waals surface area contributed by atoms with E-state index in [-0.39, 0.29) is 34.2 Å². The predicted molar refractivity (Wildman–Crippen MR) is 145 cm³/mol. The number of nitrogens with zero attached hydrogens (tertiary/aromatic N) is 2. The first kappa shape index (κ1) is 28.6. The number of hydrogen-bond acceptors (Lipinski definition) is 9. The first-order valence-electron chi connectivity index (χ1n) is 12.1. The summed E-state index contributed by atoms with van der Waals surface area (Å²) in [6.45, 7) is 0.366. The molecule has 0 radical (unpaired) electrons. The average molecular weight is 600 g/mol. The lowest BCUT2D eigenvalue weighted by Crippen LogP contribution is -2.55. The van der Waals surface area contributed by atoms with Gasteiger partial charge in [0.1, 0.15) is 17.4 Å². The number of hydrogen-bond donors (Lipinski definition) is 6. The van der Waals surface area contributed by atoms with Crippen LogP contribution in [0.3, 0.4) is 0 Å². The van der Waals surface area contributed by atoms with Crippen molar-refractivity contribution < 1.29 is 43.5 Å². The zero-order valence-corrected chi connectivity index (χ0v) is 22.7. The summed E-state index contributed by atoms with van der Waals surface area (Å²) in [7, 11) is -6.23. The Balaban J connectivity index is 1.43. The minimum atomic E-state index is -4.59. The van der Waals surface area contributed by atoms with Gasteiger partial charge in [-0.1, -0.05) is 36.0 Å². The third kappa shape index (κ3) is 5.78. The molecule has 0 bridgehead atoms. The SMILES string of the molecule is O=C(O)c1cccc2c1OB(O)C(NC(=O)C(NC(=O)c1cnc3n(c1=O)CCS3)c1ccc(P(=O)(O)O)cc1)C2. The molecule has 2 atom stereocenters. The van der Waals surface area contributed by atoms with E-state index >= 15 is 0 Å². The number of carbonyl (C=O) groups is 3. The third-order valence-corrected chi connectivity index (χ3v) is 8.52. The molecule has 0 spiro atoms. The maximum absolute atomic E-state index is 13.5. The summed E-state index contributed by atoms with van der Waals surface area (Å²) < 4.78 is 18.4. The number of aromatic nitrogens is 2. The van der Waals surface area contributed by atoms with E-state index in [9.17, 15) is 43.7 Å². The monoisotopic (exact) mass is 600 g/mol. The molecule has 212 valence electrons. The smallest absolute Gasteiger partial charge is 0.534 e. The number of carbonyl (C=O) groups excluding carboxylic acids is 2. The molecule has 0 aliphatic carbocycles. The van der Waals surface area contributed by atoms with Gasteiger partial charge in [0.05, 0.1) is 16.8 Å². The zero-order valence-electron chi connectivity index (χ0n) is 21.0. The van der Waals surface area contributed by atoms with Crippen molar-refractivity contribution in [3.8, 4) is 5.75 Å². The first-order chi connectivity index (χ1) is 19.4. The van der Waals surface area contributed by atoms with Gasteiger partial charge in [0, 0.05) is 18.5 Å². The predicted octanol–water partition coefficient (Wildman–Crippen LogP) is -0.539. The molecule has 0 saturated heterocycles. The summed E-state index contributed by atoms with van der Waals surface area (Å²) in [5, 5.41) is 25.2. The van der Waals surface area contributed by atoms with Crippen LogP contribution in [0.15, 0.2) is 58.6 Å². The number of benzene rings is 2. The Labute approximate surface area is 236 Å². The molecule has 2 amide bonds. The van der Waals surface area contributed by atoms with Gasteiger partial charge < -0.3 is 35.2 Å². The van der Waals surface area contributed by atoms with Crippen LogP contribution < -0.4 is 26.2 Å². The number of rotatable bonds is 7. The fraction of sp³-hybridized carbons (Fsp3) is 0.208. The van der Waals surface area contributed by atoms with Gasteiger partial charge in [0.15, 0.2) is 5.16 Å². The second-order valence-electron chi connectivity index (χ2n) is 9.23. The van der Waals surface area contributed by atoms with Crippen LogP contribution in [0.4, 0.5) is 0 Å². The first-order valence-corrected chi connectivity index (χ1v) is 14.7. The summed E-state index contributed by atoms with van der Waals surface area (Å²) in [5.41, 5.74) is -0.512. The molecule has 2 aliphatic heterocycles. The largest absolute Gasteiger partial charge is 0.547 e. The van der Waals surface area contributed by atoms with Crippen LogP contribution in [0, 0.1) is 0 Å². The Morgan fingerprint density at radius 1 is 1.15 bits per heavy atom. The summed E-state index contributed by atoms with van der Waals surface area (Å²) in [4.78, 5) is 74.1. The highest BCUT2D eigenvalue weighted by Crippen LogP contribution is 2.33. The van der Waals surface area contributed by atoms with Crippen molar-refractivity contribution in [3.05, 3.63) is 81.3 Å². The van der Waals surface area contributed by atoms with Gasteiger partial charge in [-0.3, -0.25) is 23.5 Å². The van der Waals surface area contributed by atoms with Crippen molar-refractivity contribution in [2.24, 2.45) is 0 Å². The Morgan fingerprint density at radius 3 is 2.56 bits per heavy atom. The Kier molecular flexibility index (Phi) is 7.77. The van der Waals surface area contributed by atoms with Crippen LogP contribution in [0.2, 0.25) is 0 Å². The van der Waals surface area contributed by atoms with E-state index in [2.05, 4.69) is 15.6 Å². The third-order valence-electron chi connectivity index (χ3n) is 6.58. The lowest BCUT2D eigenvalue weighted by atomic mass is 9.72. The van der Waals surface area contributed by atoms with Crippen molar-refractivity contribution in [1.82, 2.24) is 20.2 Å². The van der Waals surface area contributed by atoms with Gasteiger partial charge in [-0.2, -0.15) is 0 Å². The maximum atomic E-state index is 13.5. The Bertz CT molecular complexity index is 1660. The van der Waals surface area contributed by atoms with Crippen LogP contribution in [0.1, 0.15) is 37.9 Å².